The number of carbonyl (C=O) groups excluding carboxylic acids is 2. The number of nitrogens with one attached hydrogen (secondary N) is 2. The average Bonchev–Trinajstić information content (AvgIpc) is 3.68. The molecule has 8 heteroatoms. The van der Waals surface area contributed by atoms with Crippen LogP contribution in [0.3, 0.4) is 0 Å². The maximum absolute atomic E-state index is 12.6. The molecule has 32 heavy (non-hydrogen) atoms. The Morgan fingerprint density at radius 2 is 1.84 bits per heavy atom. The van der Waals surface area contributed by atoms with Gasteiger partial charge in [-0.3, -0.25) is 14.3 Å². The van der Waals surface area contributed by atoms with E-state index in [2.05, 4.69) is 40.1 Å². The number of carbonyl (C=O) groups is 2. The van der Waals surface area contributed by atoms with Crippen molar-refractivity contribution in [2.24, 2.45) is 11.3 Å². The molecule has 3 aliphatic carbocycles. The summed E-state index contributed by atoms with van der Waals surface area (Å²) in [6.45, 7) is 6.95. The fraction of sp³-hybridized carbons (Fsp3) is 0.542. The van der Waals surface area contributed by atoms with Gasteiger partial charge in [0.1, 0.15) is 5.82 Å². The molecular weight excluding hydrogens is 422 g/mol. The molecule has 1 aromatic heterocycles. The highest BCUT2D eigenvalue weighted by atomic mass is 32.2. The summed E-state index contributed by atoms with van der Waals surface area (Å²) in [5.41, 5.74) is 2.18. The Morgan fingerprint density at radius 3 is 2.47 bits per heavy atom. The predicted octanol–water partition coefficient (Wildman–Crippen LogP) is 3.40. The second-order valence-corrected chi connectivity index (χ2v) is 11.1. The van der Waals surface area contributed by atoms with Crippen molar-refractivity contribution in [2.75, 3.05) is 36.4 Å². The molecule has 0 bridgehead atoms. The number of rotatable bonds is 6. The van der Waals surface area contributed by atoms with E-state index in [1.165, 1.54) is 12.8 Å². The quantitative estimate of drug-likeness (QED) is 0.656. The van der Waals surface area contributed by atoms with Crippen LogP contribution < -0.4 is 14.9 Å². The first-order valence-corrected chi connectivity index (χ1v) is 12.4. The fourth-order valence-corrected chi connectivity index (χ4v) is 5.54. The first-order valence-electron chi connectivity index (χ1n) is 11.6. The van der Waals surface area contributed by atoms with Crippen molar-refractivity contribution in [3.63, 3.8) is 0 Å². The van der Waals surface area contributed by atoms with E-state index < -0.39 is 0 Å². The van der Waals surface area contributed by atoms with Gasteiger partial charge in [-0.05, 0) is 74.7 Å². The Kier molecular flexibility index (Phi) is 4.50. The van der Waals surface area contributed by atoms with E-state index in [-0.39, 0.29) is 22.8 Å². The van der Waals surface area contributed by atoms with Crippen LogP contribution in [0.5, 0.6) is 0 Å². The van der Waals surface area contributed by atoms with Crippen molar-refractivity contribution in [1.82, 2.24) is 14.6 Å². The topological polar surface area (TPSA) is 77.6 Å². The molecule has 3 saturated carbocycles. The largest absolute Gasteiger partial charge is 0.367 e. The minimum atomic E-state index is -0.0699. The SMILES string of the molecule is CC(=O)N1CCN(c2cc(SNC3(C)CC3)cc3nc(NC(=O)C45CC4C5)ccc23)CC1. The highest BCUT2D eigenvalue weighted by Crippen LogP contribution is 2.75. The van der Waals surface area contributed by atoms with Crippen LogP contribution in [0.2, 0.25) is 0 Å². The number of aromatic nitrogens is 1. The van der Waals surface area contributed by atoms with Gasteiger partial charge in [-0.15, -0.1) is 0 Å². The van der Waals surface area contributed by atoms with Crippen molar-refractivity contribution in [1.29, 1.82) is 0 Å². The third-order valence-corrected chi connectivity index (χ3v) is 8.68. The Morgan fingerprint density at radius 1 is 1.12 bits per heavy atom. The van der Waals surface area contributed by atoms with Crippen molar-refractivity contribution in [3.05, 3.63) is 24.3 Å². The summed E-state index contributed by atoms with van der Waals surface area (Å²) in [4.78, 5) is 34.5. The Bertz CT molecular complexity index is 1120. The molecule has 6 rings (SSSR count). The van der Waals surface area contributed by atoms with E-state index in [0.717, 1.165) is 60.5 Å². The molecule has 0 atom stereocenters. The third-order valence-electron chi connectivity index (χ3n) is 7.62. The minimum absolute atomic E-state index is 0.0699. The molecular formula is C24H29N5O2S. The summed E-state index contributed by atoms with van der Waals surface area (Å²) >= 11 is 1.66. The summed E-state index contributed by atoms with van der Waals surface area (Å²) in [5, 5.41) is 4.13. The number of hydrogen-bond acceptors (Lipinski definition) is 6. The molecule has 1 aliphatic heterocycles. The van der Waals surface area contributed by atoms with Gasteiger partial charge in [-0.2, -0.15) is 0 Å². The van der Waals surface area contributed by atoms with Gasteiger partial charge in [0.2, 0.25) is 11.8 Å². The number of hydrogen-bond donors (Lipinski definition) is 2. The molecule has 168 valence electrons. The first-order chi connectivity index (χ1) is 15.4. The third kappa shape index (κ3) is 3.63. The van der Waals surface area contributed by atoms with Crippen LogP contribution in [0, 0.1) is 11.3 Å². The van der Waals surface area contributed by atoms with Crippen LogP contribution >= 0.6 is 11.9 Å². The molecule has 0 spiro atoms. The van der Waals surface area contributed by atoms with Crippen molar-refractivity contribution in [2.45, 2.75) is 50.0 Å². The van der Waals surface area contributed by atoms with Gasteiger partial charge in [-0.1, -0.05) is 0 Å². The van der Waals surface area contributed by atoms with E-state index >= 15 is 0 Å². The number of fused-ring (bicyclic) bond motifs is 2. The lowest BCUT2D eigenvalue weighted by atomic mass is 10.1. The number of amides is 2. The fourth-order valence-electron chi connectivity index (χ4n) is 4.63. The van der Waals surface area contributed by atoms with Gasteiger partial charge in [-0.25, -0.2) is 4.98 Å². The number of anilines is 2. The second-order valence-electron chi connectivity index (χ2n) is 10.2. The van der Waals surface area contributed by atoms with Gasteiger partial charge in [0, 0.05) is 54.6 Å². The van der Waals surface area contributed by atoms with E-state index in [1.54, 1.807) is 18.9 Å². The maximum atomic E-state index is 12.6. The summed E-state index contributed by atoms with van der Waals surface area (Å²) < 4.78 is 3.59. The van der Waals surface area contributed by atoms with Gasteiger partial charge >= 0.3 is 0 Å². The highest BCUT2D eigenvalue weighted by molar-refractivity contribution is 7.97. The van der Waals surface area contributed by atoms with E-state index in [9.17, 15) is 9.59 Å². The molecule has 0 radical (unpaired) electrons. The second kappa shape index (κ2) is 7.09. The number of pyridine rings is 1. The monoisotopic (exact) mass is 451 g/mol. The molecule has 2 N–H and O–H groups in total. The van der Waals surface area contributed by atoms with Crippen LogP contribution in [0.25, 0.3) is 10.9 Å². The lowest BCUT2D eigenvalue weighted by molar-refractivity contribution is -0.129. The normalized spacial score (nSPS) is 27.1. The van der Waals surface area contributed by atoms with Crippen LogP contribution in [0.1, 0.15) is 39.5 Å². The predicted molar refractivity (Wildman–Crippen MR) is 127 cm³/mol. The van der Waals surface area contributed by atoms with Crippen LogP contribution in [0.15, 0.2) is 29.2 Å². The average molecular weight is 452 g/mol. The first kappa shape index (κ1) is 20.3. The van der Waals surface area contributed by atoms with Gasteiger partial charge < -0.3 is 15.1 Å². The molecule has 1 saturated heterocycles. The zero-order chi connectivity index (χ0) is 22.1. The zero-order valence-electron chi connectivity index (χ0n) is 18.6. The molecule has 2 amide bonds. The van der Waals surface area contributed by atoms with Crippen molar-refractivity contribution < 1.29 is 9.59 Å². The lowest BCUT2D eigenvalue weighted by Crippen LogP contribution is -2.48. The van der Waals surface area contributed by atoms with E-state index in [1.807, 2.05) is 11.0 Å². The molecule has 0 unspecified atom stereocenters. The maximum Gasteiger partial charge on any atom is 0.232 e. The van der Waals surface area contributed by atoms with Crippen molar-refractivity contribution in [3.8, 4) is 0 Å². The van der Waals surface area contributed by atoms with Crippen LogP contribution in [0.4, 0.5) is 11.5 Å². The van der Waals surface area contributed by atoms with Gasteiger partial charge in [0.15, 0.2) is 0 Å². The molecule has 4 fully saturated rings. The summed E-state index contributed by atoms with van der Waals surface area (Å²) in [6, 6.07) is 8.33. The summed E-state index contributed by atoms with van der Waals surface area (Å²) in [5.74, 6) is 1.51. The number of piperazine rings is 1. The Hall–Kier alpha value is -2.32. The molecule has 2 aromatic rings. The zero-order valence-corrected chi connectivity index (χ0v) is 19.4. The standard InChI is InChI=1S/C24H29N5O2S/c1-15(30)28-7-9-29(10-8-28)20-12-17(32-27-23(2)5-6-23)11-19-18(20)3-4-21(25-19)26-22(31)24-13-16(24)14-24/h3-4,11-12,16,27H,5-10,13-14H2,1-2H3,(H,25,26,31). The van der Waals surface area contributed by atoms with Gasteiger partial charge in [0.05, 0.1) is 10.9 Å². The summed E-state index contributed by atoms with van der Waals surface area (Å²) in [7, 11) is 0. The lowest BCUT2D eigenvalue weighted by Gasteiger charge is -2.36. The Labute approximate surface area is 192 Å². The van der Waals surface area contributed by atoms with Crippen LogP contribution in [-0.2, 0) is 9.59 Å². The van der Waals surface area contributed by atoms with E-state index in [4.69, 9.17) is 4.98 Å². The molecule has 7 nitrogen and oxygen atoms in total. The minimum Gasteiger partial charge on any atom is -0.367 e. The molecule has 1 aromatic carbocycles. The smallest absolute Gasteiger partial charge is 0.232 e. The van der Waals surface area contributed by atoms with Crippen LogP contribution in [-0.4, -0.2) is 53.4 Å². The summed E-state index contributed by atoms with van der Waals surface area (Å²) in [6.07, 6.45) is 4.47. The Balaban J connectivity index is 1.29. The van der Waals surface area contributed by atoms with Crippen molar-refractivity contribution >= 4 is 46.2 Å². The molecule has 4 aliphatic rings. The van der Waals surface area contributed by atoms with Gasteiger partial charge in [0.25, 0.3) is 0 Å². The number of nitrogens with zero attached hydrogens (tertiary/aromatic N) is 3. The number of benzene rings is 1. The van der Waals surface area contributed by atoms with E-state index in [0.29, 0.717) is 11.7 Å². The highest BCUT2D eigenvalue weighted by Gasteiger charge is 2.74. The molecule has 2 heterocycles.